The van der Waals surface area contributed by atoms with Gasteiger partial charge in [0, 0.05) is 50.2 Å². The van der Waals surface area contributed by atoms with Crippen molar-refractivity contribution in [3.05, 3.63) is 58.7 Å². The van der Waals surface area contributed by atoms with Crippen LogP contribution in [-0.2, 0) is 35.4 Å². The van der Waals surface area contributed by atoms with E-state index in [0.717, 1.165) is 63.7 Å². The lowest BCUT2D eigenvalue weighted by atomic mass is 9.72. The molecule has 2 aromatic carbocycles. The number of hydrogen-bond donors (Lipinski definition) is 8. The van der Waals surface area contributed by atoms with Crippen LogP contribution in [0.3, 0.4) is 0 Å². The molecule has 3 heterocycles. The van der Waals surface area contributed by atoms with Crippen LogP contribution < -0.4 is 26.4 Å². The Labute approximate surface area is 325 Å². The maximum Gasteiger partial charge on any atom is 0.302 e. The van der Waals surface area contributed by atoms with Crippen LogP contribution >= 0.6 is 0 Å². The number of rotatable bonds is 3. The van der Waals surface area contributed by atoms with Crippen LogP contribution in [0, 0.1) is 29.1 Å². The largest absolute Gasteiger partial charge is 0.504 e. The van der Waals surface area contributed by atoms with E-state index in [2.05, 4.69) is 52.1 Å². The van der Waals surface area contributed by atoms with Crippen LogP contribution in [0.5, 0.6) is 11.5 Å². The number of nitrogens with two attached hydrogens (primary N) is 1. The molecule has 0 saturated carbocycles. The monoisotopic (exact) mass is 759 g/mol. The lowest BCUT2D eigenvalue weighted by molar-refractivity contribution is -0.152. The Morgan fingerprint density at radius 2 is 1.93 bits per heavy atom. The number of benzene rings is 2. The van der Waals surface area contributed by atoms with Gasteiger partial charge in [0.25, 0.3) is 0 Å². The van der Waals surface area contributed by atoms with Gasteiger partial charge in [-0.05, 0) is 106 Å². The van der Waals surface area contributed by atoms with Gasteiger partial charge in [0.15, 0.2) is 17.5 Å². The molecule has 12 heteroatoms. The highest BCUT2D eigenvalue weighted by Gasteiger charge is 2.41. The normalized spacial score (nSPS) is 31.4. The second-order valence-electron chi connectivity index (χ2n) is 16.4. The quantitative estimate of drug-likeness (QED) is 0.170. The summed E-state index contributed by atoms with van der Waals surface area (Å²) in [5.74, 6) is 6.54. The fourth-order valence-electron chi connectivity index (χ4n) is 9.04. The van der Waals surface area contributed by atoms with E-state index in [1.54, 1.807) is 13.0 Å². The first-order chi connectivity index (χ1) is 26.5. The van der Waals surface area contributed by atoms with E-state index in [1.165, 1.54) is 18.1 Å². The molecule has 0 amide bonds. The molecule has 4 aliphatic rings. The third-order valence-corrected chi connectivity index (χ3v) is 12.3. The number of aromatic hydroxyl groups is 1. The molecule has 0 aromatic heterocycles. The molecule has 1 spiro atoms. The zero-order chi connectivity index (χ0) is 39.0. The van der Waals surface area contributed by atoms with Crippen molar-refractivity contribution in [3.63, 3.8) is 0 Å². The van der Waals surface area contributed by atoms with Crippen molar-refractivity contribution in [2.45, 2.75) is 121 Å². The van der Waals surface area contributed by atoms with Crippen molar-refractivity contribution in [1.82, 2.24) is 16.0 Å². The molecule has 9 N–H and O–H groups in total. The second kappa shape index (κ2) is 18.4. The van der Waals surface area contributed by atoms with E-state index < -0.39 is 35.6 Å². The molecule has 12 nitrogen and oxygen atoms in total. The smallest absolute Gasteiger partial charge is 0.302 e. The average Bonchev–Trinajstić information content (AvgIpc) is 3.15. The van der Waals surface area contributed by atoms with Crippen LogP contribution in [0.1, 0.15) is 87.5 Å². The molecule has 55 heavy (non-hydrogen) atoms. The number of aliphatic hydroxyl groups is 3. The Balaban J connectivity index is 1.49. The maximum absolute atomic E-state index is 12.7. The van der Waals surface area contributed by atoms with Crippen molar-refractivity contribution in [1.29, 1.82) is 0 Å². The molecule has 1 fully saturated rings. The maximum atomic E-state index is 12.7. The van der Waals surface area contributed by atoms with Crippen molar-refractivity contribution >= 4 is 11.9 Å². The molecule has 6 rings (SSSR count). The first-order valence-electron chi connectivity index (χ1n) is 20.2. The number of ether oxygens (including phenoxy) is 2. The van der Waals surface area contributed by atoms with E-state index in [4.69, 9.17) is 20.2 Å². The van der Waals surface area contributed by atoms with Crippen molar-refractivity contribution in [3.8, 4) is 23.3 Å². The summed E-state index contributed by atoms with van der Waals surface area (Å²) in [4.78, 5) is 17.4. The number of nitrogens with one attached hydrogen (secondary N) is 3. The minimum atomic E-state index is -1.00. The lowest BCUT2D eigenvalue weighted by Gasteiger charge is -2.42. The highest BCUT2D eigenvalue weighted by atomic mass is 16.5. The summed E-state index contributed by atoms with van der Waals surface area (Å²) in [6.07, 6.45) is 4.04. The topological polar surface area (TPSA) is 191 Å². The molecular formula is C43H61N5O7. The molecule has 3 aliphatic heterocycles. The Morgan fingerprint density at radius 3 is 2.69 bits per heavy atom. The number of phenolic OH excluding ortho intramolecular Hbond substituents is 1. The number of aliphatic hydroxyl groups excluding tert-OH is 3. The number of carbonyl (C=O) groups is 1. The van der Waals surface area contributed by atoms with Gasteiger partial charge in [-0.3, -0.25) is 9.79 Å². The van der Waals surface area contributed by atoms with Gasteiger partial charge in [0.1, 0.15) is 12.2 Å². The summed E-state index contributed by atoms with van der Waals surface area (Å²) in [6.45, 7) is 5.80. The van der Waals surface area contributed by atoms with Crippen molar-refractivity contribution in [2.75, 3.05) is 32.7 Å². The molecule has 8 bridgehead atoms. The average molecular weight is 760 g/mol. The van der Waals surface area contributed by atoms with Crippen LogP contribution in [0.2, 0.25) is 0 Å². The van der Waals surface area contributed by atoms with Gasteiger partial charge in [-0.2, -0.15) is 0 Å². The minimum absolute atomic E-state index is 0.0365. The van der Waals surface area contributed by atoms with Gasteiger partial charge in [0.05, 0.1) is 30.8 Å². The molecule has 0 radical (unpaired) electrons. The summed E-state index contributed by atoms with van der Waals surface area (Å²) in [7, 11) is 0. The van der Waals surface area contributed by atoms with Gasteiger partial charge < -0.3 is 51.6 Å². The van der Waals surface area contributed by atoms with E-state index in [0.29, 0.717) is 43.5 Å². The lowest BCUT2D eigenvalue weighted by Crippen LogP contribution is -2.59. The Kier molecular flexibility index (Phi) is 13.6. The van der Waals surface area contributed by atoms with Gasteiger partial charge >= 0.3 is 5.97 Å². The number of esters is 1. The fourth-order valence-corrected chi connectivity index (χ4v) is 9.04. The van der Waals surface area contributed by atoms with E-state index in [9.17, 15) is 25.2 Å². The minimum Gasteiger partial charge on any atom is -0.504 e. The zero-order valence-corrected chi connectivity index (χ0v) is 32.5. The standard InChI is InChI=1S/C43H61N5O7/c1-28(50)42-14-8-32-7-4-13-43(27-45-16-10-30-5-3-6-31(19-30)11-17-46-41(44)47-26-42)24-36(12-18-48-43)55-40-22-33(34(25-49)21-38(40)53)20-37(32)39(54-29(2)51)23-35(52)9-15-42/h3,5-6,19,21-22,28,32,35-37,39,45,48-50,52-53H,4,7,9-13,15-18,20,23-27H2,1-2H3,(H3,44,46,47)/t28-,32+,35-,36-,37+,39-,42+,43-/m0/s1. The van der Waals surface area contributed by atoms with Gasteiger partial charge in [0.2, 0.25) is 0 Å². The van der Waals surface area contributed by atoms with E-state index >= 15 is 0 Å². The molecule has 1 aliphatic carbocycles. The van der Waals surface area contributed by atoms with Crippen LogP contribution in [0.15, 0.2) is 41.4 Å². The second-order valence-corrected chi connectivity index (χ2v) is 16.4. The number of fused-ring (bicyclic) bond motifs is 8. The summed E-state index contributed by atoms with van der Waals surface area (Å²) in [5, 5.41) is 55.5. The van der Waals surface area contributed by atoms with E-state index in [-0.39, 0.29) is 48.8 Å². The van der Waals surface area contributed by atoms with Gasteiger partial charge in [-0.25, -0.2) is 0 Å². The summed E-state index contributed by atoms with van der Waals surface area (Å²) >= 11 is 0. The predicted octanol–water partition coefficient (Wildman–Crippen LogP) is 2.85. The number of phenols is 1. The highest BCUT2D eigenvalue weighted by Crippen LogP contribution is 2.40. The Bertz CT molecular complexity index is 1720. The summed E-state index contributed by atoms with van der Waals surface area (Å²) in [5.41, 5.74) is 8.86. The highest BCUT2D eigenvalue weighted by molar-refractivity contribution is 5.77. The number of nitrogens with zero attached hydrogens (tertiary/aromatic N) is 1. The van der Waals surface area contributed by atoms with Gasteiger partial charge in [-0.15, -0.1) is 0 Å². The van der Waals surface area contributed by atoms with Crippen LogP contribution in [0.4, 0.5) is 0 Å². The number of guanidine groups is 1. The SMILES string of the molecule is CC(=O)O[C@H]1C[C@@H](O)CC[C@]2([C@H](C)O)C#C[C@H]3CCC[C@@]4(CNCCc5cccc(c5)CCNC(N)=NC2)C[C@H](CCN4)Oc2cc(c(CO)cc2O)C[C@@H]13. The number of aliphatic imine (C=N–C) groups is 1. The van der Waals surface area contributed by atoms with Crippen molar-refractivity contribution in [2.24, 2.45) is 28.0 Å². The zero-order valence-electron chi connectivity index (χ0n) is 32.5. The van der Waals surface area contributed by atoms with E-state index in [1.807, 2.05) is 6.07 Å². The van der Waals surface area contributed by atoms with Crippen molar-refractivity contribution < 1.29 is 34.7 Å². The van der Waals surface area contributed by atoms with Crippen LogP contribution in [-0.4, -0.2) is 95.0 Å². The number of piperidine rings is 1. The third kappa shape index (κ3) is 10.5. The molecule has 1 saturated heterocycles. The Morgan fingerprint density at radius 1 is 1.13 bits per heavy atom. The first kappa shape index (κ1) is 40.8. The number of hydrogen-bond acceptors (Lipinski definition) is 12. The molecule has 300 valence electrons. The molecule has 0 unspecified atom stereocenters. The fraction of sp³-hybridized carbons (Fsp3) is 0.628. The summed E-state index contributed by atoms with van der Waals surface area (Å²) in [6, 6.07) is 12.0. The van der Waals surface area contributed by atoms with Gasteiger partial charge in [-0.1, -0.05) is 42.5 Å². The Hall–Kier alpha value is -3.86. The predicted molar refractivity (Wildman–Crippen MR) is 211 cm³/mol. The third-order valence-electron chi connectivity index (χ3n) is 12.3. The molecular weight excluding hydrogens is 699 g/mol. The van der Waals surface area contributed by atoms with Crippen LogP contribution in [0.25, 0.3) is 0 Å². The summed E-state index contributed by atoms with van der Waals surface area (Å²) < 4.78 is 12.7. The molecule has 2 aromatic rings. The number of carbonyl (C=O) groups excluding carboxylic acids is 1. The molecule has 8 atom stereocenters. The first-order valence-corrected chi connectivity index (χ1v) is 20.2.